The third kappa shape index (κ3) is 3.94. The zero-order valence-electron chi connectivity index (χ0n) is 12.2. The number of rotatable bonds is 4. The third-order valence-electron chi connectivity index (χ3n) is 3.06. The summed E-state index contributed by atoms with van der Waals surface area (Å²) in [6, 6.07) is 3.41. The zero-order chi connectivity index (χ0) is 15.5. The highest BCUT2D eigenvalue weighted by atomic mass is 32.2. The molecule has 0 unspecified atom stereocenters. The van der Waals surface area contributed by atoms with E-state index in [1.54, 1.807) is 17.0 Å². The number of sulfonamides is 1. The van der Waals surface area contributed by atoms with Crippen LogP contribution in [0.5, 0.6) is 0 Å². The van der Waals surface area contributed by atoms with E-state index in [4.69, 9.17) is 10.5 Å². The Kier molecular flexibility index (Phi) is 5.20. The Morgan fingerprint density at radius 1 is 1.43 bits per heavy atom. The fourth-order valence-corrected chi connectivity index (χ4v) is 4.64. The fraction of sp³-hybridized carbons (Fsp3) is 0.583. The van der Waals surface area contributed by atoms with Crippen molar-refractivity contribution in [3.63, 3.8) is 0 Å². The first-order valence-corrected chi connectivity index (χ1v) is 8.81. The first-order chi connectivity index (χ1) is 9.91. The fourth-order valence-electron chi connectivity index (χ4n) is 1.80. The molecule has 118 valence electrons. The number of nitrogens with zero attached hydrogens (tertiary/aromatic N) is 3. The molecule has 0 spiro atoms. The van der Waals surface area contributed by atoms with Gasteiger partial charge in [0.25, 0.3) is 10.0 Å². The molecule has 1 aliphatic rings. The summed E-state index contributed by atoms with van der Waals surface area (Å²) < 4.78 is 31.9. The lowest BCUT2D eigenvalue weighted by atomic mass is 10.5. The number of aliphatic imine (C=N–C) groups is 1. The Morgan fingerprint density at radius 3 is 2.71 bits per heavy atom. The minimum absolute atomic E-state index is 0.345. The van der Waals surface area contributed by atoms with Gasteiger partial charge in [-0.1, -0.05) is 0 Å². The van der Waals surface area contributed by atoms with E-state index in [9.17, 15) is 8.42 Å². The number of thiophene rings is 1. The maximum Gasteiger partial charge on any atom is 0.252 e. The van der Waals surface area contributed by atoms with Crippen molar-refractivity contribution in [3.8, 4) is 0 Å². The van der Waals surface area contributed by atoms with Gasteiger partial charge in [0.05, 0.1) is 19.8 Å². The van der Waals surface area contributed by atoms with Crippen LogP contribution in [0.4, 0.5) is 0 Å². The van der Waals surface area contributed by atoms with Crippen molar-refractivity contribution in [1.29, 1.82) is 0 Å². The minimum atomic E-state index is -3.41. The summed E-state index contributed by atoms with van der Waals surface area (Å²) in [5.41, 5.74) is 5.71. The van der Waals surface area contributed by atoms with Gasteiger partial charge in [-0.15, -0.1) is 11.3 Å². The van der Waals surface area contributed by atoms with Crippen molar-refractivity contribution < 1.29 is 13.2 Å². The smallest absolute Gasteiger partial charge is 0.252 e. The quantitative estimate of drug-likeness (QED) is 0.626. The maximum absolute atomic E-state index is 12.5. The standard InChI is InChI=1S/C12H20N4O3S2/c1-15(2)12(13)14-9-10-3-4-11(20-10)21(17,18)16-5-7-19-8-6-16/h3-4H,5-9H2,1-2H3,(H2,13,14). The highest BCUT2D eigenvalue weighted by Crippen LogP contribution is 2.26. The number of nitrogens with two attached hydrogens (primary N) is 1. The van der Waals surface area contributed by atoms with Crippen molar-refractivity contribution in [2.45, 2.75) is 10.8 Å². The molecule has 1 aromatic rings. The largest absolute Gasteiger partial charge is 0.379 e. The van der Waals surface area contributed by atoms with E-state index >= 15 is 0 Å². The van der Waals surface area contributed by atoms with Gasteiger partial charge in [0, 0.05) is 32.1 Å². The highest BCUT2D eigenvalue weighted by Gasteiger charge is 2.27. The van der Waals surface area contributed by atoms with Crippen molar-refractivity contribution in [2.24, 2.45) is 10.7 Å². The molecule has 0 aliphatic carbocycles. The monoisotopic (exact) mass is 332 g/mol. The van der Waals surface area contributed by atoms with Gasteiger partial charge in [0.2, 0.25) is 0 Å². The Hall–Kier alpha value is -1.16. The molecule has 21 heavy (non-hydrogen) atoms. The van der Waals surface area contributed by atoms with Crippen LogP contribution in [0.3, 0.4) is 0 Å². The number of morpholine rings is 1. The Labute approximate surface area is 129 Å². The summed E-state index contributed by atoms with van der Waals surface area (Å²) in [6.45, 7) is 2.08. The van der Waals surface area contributed by atoms with E-state index in [2.05, 4.69) is 4.99 Å². The van der Waals surface area contributed by atoms with E-state index in [0.717, 1.165) is 4.88 Å². The normalized spacial score (nSPS) is 17.9. The van der Waals surface area contributed by atoms with Gasteiger partial charge in [-0.05, 0) is 12.1 Å². The molecule has 0 amide bonds. The summed E-state index contributed by atoms with van der Waals surface area (Å²) in [4.78, 5) is 6.78. The second-order valence-corrected chi connectivity index (χ2v) is 8.14. The maximum atomic E-state index is 12.5. The first-order valence-electron chi connectivity index (χ1n) is 6.55. The molecule has 0 bridgehead atoms. The summed E-state index contributed by atoms with van der Waals surface area (Å²) in [5.74, 6) is 0.418. The average molecular weight is 332 g/mol. The number of hydrogen-bond acceptors (Lipinski definition) is 5. The molecule has 9 heteroatoms. The second-order valence-electron chi connectivity index (χ2n) is 4.81. The molecule has 2 N–H and O–H groups in total. The summed E-state index contributed by atoms with van der Waals surface area (Å²) in [6.07, 6.45) is 0. The van der Waals surface area contributed by atoms with Gasteiger partial charge >= 0.3 is 0 Å². The molecule has 1 aromatic heterocycles. The molecule has 2 rings (SSSR count). The van der Waals surface area contributed by atoms with Gasteiger partial charge in [-0.25, -0.2) is 13.4 Å². The SMILES string of the molecule is CN(C)C(N)=NCc1ccc(S(=O)(=O)N2CCOCC2)s1. The van der Waals surface area contributed by atoms with Crippen LogP contribution in [0.2, 0.25) is 0 Å². The zero-order valence-corrected chi connectivity index (χ0v) is 13.8. The number of ether oxygens (including phenoxy) is 1. The average Bonchev–Trinajstić information content (AvgIpc) is 2.95. The lowest BCUT2D eigenvalue weighted by molar-refractivity contribution is 0.0731. The lowest BCUT2D eigenvalue weighted by Gasteiger charge is -2.25. The third-order valence-corrected chi connectivity index (χ3v) is 6.49. The van der Waals surface area contributed by atoms with E-state index < -0.39 is 10.0 Å². The second kappa shape index (κ2) is 6.73. The Morgan fingerprint density at radius 2 is 2.10 bits per heavy atom. The van der Waals surface area contributed by atoms with Gasteiger partial charge in [-0.3, -0.25) is 0 Å². The molecule has 0 saturated carbocycles. The predicted molar refractivity (Wildman–Crippen MR) is 82.9 cm³/mol. The Bertz CT molecular complexity index is 604. The van der Waals surface area contributed by atoms with Gasteiger partial charge in [0.15, 0.2) is 5.96 Å². The van der Waals surface area contributed by atoms with Crippen molar-refractivity contribution >= 4 is 27.3 Å². The molecule has 1 saturated heterocycles. The van der Waals surface area contributed by atoms with Crippen LogP contribution in [0.25, 0.3) is 0 Å². The van der Waals surface area contributed by atoms with Crippen LogP contribution >= 0.6 is 11.3 Å². The predicted octanol–water partition coefficient (Wildman–Crippen LogP) is 0.145. The Balaban J connectivity index is 2.10. The topological polar surface area (TPSA) is 88.2 Å². The van der Waals surface area contributed by atoms with Gasteiger partial charge in [-0.2, -0.15) is 4.31 Å². The van der Waals surface area contributed by atoms with Gasteiger partial charge < -0.3 is 15.4 Å². The molecular formula is C12H20N4O3S2. The van der Waals surface area contributed by atoms with Crippen LogP contribution < -0.4 is 5.73 Å². The van der Waals surface area contributed by atoms with E-state index in [1.807, 2.05) is 14.1 Å². The number of hydrogen-bond donors (Lipinski definition) is 1. The van der Waals surface area contributed by atoms with Crippen molar-refractivity contribution in [1.82, 2.24) is 9.21 Å². The summed E-state index contributed by atoms with van der Waals surface area (Å²) in [7, 11) is 0.200. The summed E-state index contributed by atoms with van der Waals surface area (Å²) >= 11 is 1.24. The van der Waals surface area contributed by atoms with Crippen LogP contribution in [0.1, 0.15) is 4.88 Å². The lowest BCUT2D eigenvalue weighted by Crippen LogP contribution is -2.40. The molecule has 2 heterocycles. The molecule has 0 atom stereocenters. The number of guanidine groups is 1. The minimum Gasteiger partial charge on any atom is -0.379 e. The van der Waals surface area contributed by atoms with Crippen molar-refractivity contribution in [2.75, 3.05) is 40.4 Å². The van der Waals surface area contributed by atoms with Crippen LogP contribution in [0.15, 0.2) is 21.3 Å². The molecular weight excluding hydrogens is 312 g/mol. The molecule has 0 aromatic carbocycles. The van der Waals surface area contributed by atoms with Crippen molar-refractivity contribution in [3.05, 3.63) is 17.0 Å². The molecule has 1 fully saturated rings. The van der Waals surface area contributed by atoms with E-state index in [-0.39, 0.29) is 0 Å². The van der Waals surface area contributed by atoms with Crippen LogP contribution in [-0.4, -0.2) is 64.0 Å². The summed E-state index contributed by atoms with van der Waals surface area (Å²) in [5, 5.41) is 0. The molecule has 1 aliphatic heterocycles. The molecule has 0 radical (unpaired) electrons. The molecule has 7 nitrogen and oxygen atoms in total. The highest BCUT2D eigenvalue weighted by molar-refractivity contribution is 7.91. The van der Waals surface area contributed by atoms with Crippen LogP contribution in [0, 0.1) is 0 Å². The first kappa shape index (κ1) is 16.2. The van der Waals surface area contributed by atoms with E-state index in [1.165, 1.54) is 15.6 Å². The van der Waals surface area contributed by atoms with Gasteiger partial charge in [0.1, 0.15) is 4.21 Å². The van der Waals surface area contributed by atoms with Crippen LogP contribution in [-0.2, 0) is 21.3 Å². The van der Waals surface area contributed by atoms with E-state index in [0.29, 0.717) is 43.0 Å².